The molecule has 6 heteroatoms. The maximum atomic E-state index is 5.98. The first-order valence-electron chi connectivity index (χ1n) is 13.6. The molecule has 0 aliphatic rings. The predicted molar refractivity (Wildman–Crippen MR) is 181 cm³/mol. The van der Waals surface area contributed by atoms with Crippen LogP contribution in [0.25, 0.3) is 32.7 Å². The first-order valence-corrected chi connectivity index (χ1v) is 15.6. The third kappa shape index (κ3) is 5.66. The molecule has 2 unspecified atom stereocenters. The Morgan fingerprint density at radius 2 is 0.810 bits per heavy atom. The lowest BCUT2D eigenvalue weighted by Gasteiger charge is -2.20. The lowest BCUT2D eigenvalue weighted by molar-refractivity contribution is 0.411. The summed E-state index contributed by atoms with van der Waals surface area (Å²) in [6.07, 6.45) is 0. The van der Waals surface area contributed by atoms with E-state index >= 15 is 0 Å². The molecule has 210 valence electrons. The maximum Gasteiger partial charge on any atom is 0.127 e. The molecule has 2 atom stereocenters. The van der Waals surface area contributed by atoms with Crippen LogP contribution in [0.4, 0.5) is 0 Å². The van der Waals surface area contributed by atoms with Gasteiger partial charge in [-0.05, 0) is 91.3 Å². The summed E-state index contributed by atoms with van der Waals surface area (Å²) < 4.78 is 22.8. The fraction of sp³-hybridized carbons (Fsp3) is 0.111. The Kier molecular flexibility index (Phi) is 8.29. The molecule has 0 aliphatic carbocycles. The summed E-state index contributed by atoms with van der Waals surface area (Å²) in [5, 5.41) is 9.65. The molecule has 42 heavy (non-hydrogen) atoms. The van der Waals surface area contributed by atoms with Crippen LogP contribution in [0.15, 0.2) is 109 Å². The van der Waals surface area contributed by atoms with Gasteiger partial charge >= 0.3 is 0 Å². The van der Waals surface area contributed by atoms with E-state index in [1.165, 1.54) is 32.0 Å². The quantitative estimate of drug-likeness (QED) is 0.171. The number of rotatable bonds is 9. The standard InChI is InChI=1S/C36H32O4P2/c1-37-27-15-11-25-21-29(17-13-23(25)19-27)41-33-9-5-7-31(39-3)35(33)36-32(40-4)8-6-10-34(36)42-30-18-14-24-20-28(38-2)16-12-26(24)22-30/h5-22,41-42H,1-4H3. The molecule has 0 aromatic heterocycles. The number of methoxy groups -OCH3 is 4. The molecule has 0 amide bonds. The molecular weight excluding hydrogens is 558 g/mol. The van der Waals surface area contributed by atoms with E-state index in [2.05, 4.69) is 84.9 Å². The van der Waals surface area contributed by atoms with E-state index in [4.69, 9.17) is 18.9 Å². The van der Waals surface area contributed by atoms with Crippen LogP contribution in [-0.2, 0) is 0 Å². The van der Waals surface area contributed by atoms with Crippen LogP contribution in [0.3, 0.4) is 0 Å². The van der Waals surface area contributed by atoms with Crippen molar-refractivity contribution in [2.75, 3.05) is 28.4 Å². The van der Waals surface area contributed by atoms with E-state index in [-0.39, 0.29) is 0 Å². The summed E-state index contributed by atoms with van der Waals surface area (Å²) in [4.78, 5) is 0. The molecule has 4 nitrogen and oxygen atoms in total. The van der Waals surface area contributed by atoms with Gasteiger partial charge in [0.25, 0.3) is 0 Å². The smallest absolute Gasteiger partial charge is 0.127 e. The summed E-state index contributed by atoms with van der Waals surface area (Å²) >= 11 is 0. The van der Waals surface area contributed by atoms with Gasteiger partial charge in [-0.1, -0.05) is 77.8 Å². The molecule has 0 saturated heterocycles. The number of hydrogen-bond acceptors (Lipinski definition) is 4. The Morgan fingerprint density at radius 1 is 0.405 bits per heavy atom. The van der Waals surface area contributed by atoms with Gasteiger partial charge in [-0.15, -0.1) is 0 Å². The molecule has 0 heterocycles. The highest BCUT2D eigenvalue weighted by Crippen LogP contribution is 2.39. The normalized spacial score (nSPS) is 11.6. The van der Waals surface area contributed by atoms with Crippen LogP contribution in [0.5, 0.6) is 23.0 Å². The van der Waals surface area contributed by atoms with Crippen molar-refractivity contribution < 1.29 is 18.9 Å². The van der Waals surface area contributed by atoms with Crippen molar-refractivity contribution >= 4 is 59.9 Å². The van der Waals surface area contributed by atoms with Gasteiger partial charge in [-0.3, -0.25) is 0 Å². The van der Waals surface area contributed by atoms with Crippen LogP contribution in [0.2, 0.25) is 0 Å². The molecule has 0 saturated carbocycles. The zero-order chi connectivity index (χ0) is 29.1. The highest BCUT2D eigenvalue weighted by molar-refractivity contribution is 7.56. The minimum atomic E-state index is 0.433. The molecule has 6 aromatic carbocycles. The second-order valence-electron chi connectivity index (χ2n) is 9.87. The van der Waals surface area contributed by atoms with Crippen molar-refractivity contribution in [1.29, 1.82) is 0 Å². The second kappa shape index (κ2) is 12.4. The van der Waals surface area contributed by atoms with Crippen LogP contribution >= 0.6 is 17.2 Å². The van der Waals surface area contributed by atoms with Gasteiger partial charge in [0, 0.05) is 11.1 Å². The van der Waals surface area contributed by atoms with Crippen LogP contribution in [-0.4, -0.2) is 28.4 Å². The van der Waals surface area contributed by atoms with E-state index in [9.17, 15) is 0 Å². The second-order valence-corrected chi connectivity index (χ2v) is 12.6. The predicted octanol–water partition coefficient (Wildman–Crippen LogP) is 6.95. The van der Waals surface area contributed by atoms with Crippen molar-refractivity contribution in [2.24, 2.45) is 0 Å². The molecule has 0 bridgehead atoms. The largest absolute Gasteiger partial charge is 0.497 e. The number of fused-ring (bicyclic) bond motifs is 2. The fourth-order valence-electron chi connectivity index (χ4n) is 5.29. The molecule has 0 N–H and O–H groups in total. The summed E-state index contributed by atoms with van der Waals surface area (Å²) in [5.74, 6) is 3.41. The summed E-state index contributed by atoms with van der Waals surface area (Å²) in [7, 11) is 7.75. The third-order valence-corrected chi connectivity index (χ3v) is 9.97. The summed E-state index contributed by atoms with van der Waals surface area (Å²) in [6.45, 7) is 0. The Bertz CT molecular complexity index is 1760. The number of hydrogen-bond donors (Lipinski definition) is 0. The van der Waals surface area contributed by atoms with Crippen molar-refractivity contribution in [3.8, 4) is 34.1 Å². The van der Waals surface area contributed by atoms with Crippen LogP contribution in [0.1, 0.15) is 0 Å². The first-order chi connectivity index (χ1) is 20.6. The zero-order valence-electron chi connectivity index (χ0n) is 24.0. The molecule has 0 radical (unpaired) electrons. The number of benzene rings is 6. The van der Waals surface area contributed by atoms with Gasteiger partial charge in [0.15, 0.2) is 0 Å². The van der Waals surface area contributed by atoms with Gasteiger partial charge in [-0.2, -0.15) is 0 Å². The van der Waals surface area contributed by atoms with E-state index in [0.29, 0.717) is 17.2 Å². The van der Waals surface area contributed by atoms with E-state index in [0.717, 1.165) is 44.9 Å². The van der Waals surface area contributed by atoms with Gasteiger partial charge in [0.05, 0.1) is 28.4 Å². The minimum absolute atomic E-state index is 0.433. The monoisotopic (exact) mass is 590 g/mol. The zero-order valence-corrected chi connectivity index (χ0v) is 26.0. The average Bonchev–Trinajstić information content (AvgIpc) is 3.04. The van der Waals surface area contributed by atoms with Gasteiger partial charge in [0.2, 0.25) is 0 Å². The van der Waals surface area contributed by atoms with Gasteiger partial charge in [0.1, 0.15) is 23.0 Å². The van der Waals surface area contributed by atoms with Crippen molar-refractivity contribution in [3.63, 3.8) is 0 Å². The molecule has 6 aromatic rings. The van der Waals surface area contributed by atoms with Crippen molar-refractivity contribution in [3.05, 3.63) is 109 Å². The first kappa shape index (κ1) is 28.0. The Labute approximate surface area is 250 Å². The summed E-state index contributed by atoms with van der Waals surface area (Å²) in [6, 6.07) is 38.3. The van der Waals surface area contributed by atoms with E-state index in [1.807, 2.05) is 24.3 Å². The molecule has 0 aliphatic heterocycles. The number of ether oxygens (including phenoxy) is 4. The van der Waals surface area contributed by atoms with Crippen LogP contribution in [0, 0.1) is 0 Å². The van der Waals surface area contributed by atoms with Gasteiger partial charge in [-0.25, -0.2) is 0 Å². The lowest BCUT2D eigenvalue weighted by atomic mass is 10.0. The average molecular weight is 591 g/mol. The van der Waals surface area contributed by atoms with Crippen molar-refractivity contribution in [1.82, 2.24) is 0 Å². The Balaban J connectivity index is 1.43. The Hall–Kier alpha value is -4.10. The van der Waals surface area contributed by atoms with Crippen LogP contribution < -0.4 is 40.2 Å². The highest BCUT2D eigenvalue weighted by atomic mass is 31.1. The van der Waals surface area contributed by atoms with Crippen molar-refractivity contribution in [2.45, 2.75) is 0 Å². The van der Waals surface area contributed by atoms with Gasteiger partial charge < -0.3 is 18.9 Å². The third-order valence-electron chi connectivity index (χ3n) is 7.40. The highest BCUT2D eigenvalue weighted by Gasteiger charge is 2.20. The SMILES string of the molecule is COc1ccc2cc(Pc3cccc(OC)c3-c3c(OC)cccc3Pc3ccc4cc(OC)ccc4c3)ccc2c1. The molecular formula is C36H32O4P2. The Morgan fingerprint density at radius 3 is 1.21 bits per heavy atom. The minimum Gasteiger partial charge on any atom is -0.497 e. The molecule has 0 spiro atoms. The maximum absolute atomic E-state index is 5.98. The summed E-state index contributed by atoms with van der Waals surface area (Å²) in [5.41, 5.74) is 2.16. The van der Waals surface area contributed by atoms with E-state index in [1.54, 1.807) is 28.4 Å². The molecule has 0 fully saturated rings. The topological polar surface area (TPSA) is 36.9 Å². The molecule has 6 rings (SSSR count). The van der Waals surface area contributed by atoms with E-state index < -0.39 is 0 Å². The lowest BCUT2D eigenvalue weighted by Crippen LogP contribution is -2.14. The fourth-order valence-corrected chi connectivity index (χ4v) is 7.81.